The Balaban J connectivity index is -0.0000000800. The molecule has 0 aliphatic heterocycles. The SMILES string of the molecule is CC(=O)[C-]=O.[CH3-].[V+2]. The zero-order valence-electron chi connectivity index (χ0n) is 4.26. The minimum Gasteiger partial charge on any atom is -0.534 e. The molecule has 0 rings (SSSR count). The van der Waals surface area contributed by atoms with Crippen LogP contribution in [0.2, 0.25) is 0 Å². The predicted molar refractivity (Wildman–Crippen MR) is 22.8 cm³/mol. The van der Waals surface area contributed by atoms with Crippen LogP contribution >= 0.6 is 0 Å². The minimum absolute atomic E-state index is 0. The van der Waals surface area contributed by atoms with Crippen molar-refractivity contribution < 1.29 is 28.1 Å². The third-order valence-corrected chi connectivity index (χ3v) is 0.144. The molecule has 0 aromatic heterocycles. The van der Waals surface area contributed by atoms with Gasteiger partial charge in [-0.2, -0.15) is 6.29 Å². The number of Topliss-reactive ketones (excluding diaryl/α,β-unsaturated/α-hetero) is 1. The molecule has 0 saturated heterocycles. The van der Waals surface area contributed by atoms with Gasteiger partial charge in [0, 0.05) is 5.78 Å². The van der Waals surface area contributed by atoms with E-state index >= 15 is 0 Å². The molecule has 0 aliphatic rings. The van der Waals surface area contributed by atoms with Crippen molar-refractivity contribution in [2.24, 2.45) is 0 Å². The molecule has 0 fully saturated rings. The summed E-state index contributed by atoms with van der Waals surface area (Å²) in [6.07, 6.45) is 1.14. The molecule has 0 aromatic carbocycles. The predicted octanol–water partition coefficient (Wildman–Crippen LogP) is 0.133. The van der Waals surface area contributed by atoms with Crippen LogP contribution in [0.25, 0.3) is 0 Å². The summed E-state index contributed by atoms with van der Waals surface area (Å²) in [5, 5.41) is 0. The summed E-state index contributed by atoms with van der Waals surface area (Å²) >= 11 is 0. The molecule has 0 spiro atoms. The minimum atomic E-state index is -0.551. The van der Waals surface area contributed by atoms with Gasteiger partial charge in [0.05, 0.1) is 0 Å². The van der Waals surface area contributed by atoms with Crippen molar-refractivity contribution in [3.8, 4) is 0 Å². The standard InChI is InChI=1S/C3H3O2.CH3.V/c1-3(5)2-4;;/h1H3;1H3;/q2*-1;+2. The Labute approximate surface area is 55.2 Å². The van der Waals surface area contributed by atoms with Crippen LogP contribution in [0.4, 0.5) is 0 Å². The molecule has 0 N–H and O–H groups in total. The van der Waals surface area contributed by atoms with Crippen molar-refractivity contribution in [3.63, 3.8) is 0 Å². The Morgan fingerprint density at radius 1 is 1.57 bits per heavy atom. The summed E-state index contributed by atoms with van der Waals surface area (Å²) in [5.74, 6) is -0.551. The van der Waals surface area contributed by atoms with E-state index in [4.69, 9.17) is 4.79 Å². The summed E-state index contributed by atoms with van der Waals surface area (Å²) < 4.78 is 0. The average molecular weight is 137 g/mol. The zero-order chi connectivity index (χ0) is 4.28. The van der Waals surface area contributed by atoms with E-state index in [9.17, 15) is 4.79 Å². The second kappa shape index (κ2) is 9.33. The fourth-order valence-electron chi connectivity index (χ4n) is 0. The number of hydrogen-bond donors (Lipinski definition) is 0. The van der Waals surface area contributed by atoms with Gasteiger partial charge < -0.3 is 17.0 Å². The van der Waals surface area contributed by atoms with E-state index in [0.29, 0.717) is 0 Å². The summed E-state index contributed by atoms with van der Waals surface area (Å²) in [5.41, 5.74) is 0. The molecule has 0 unspecified atom stereocenters. The zero-order valence-corrected chi connectivity index (χ0v) is 5.66. The van der Waals surface area contributed by atoms with E-state index in [-0.39, 0.29) is 26.0 Å². The summed E-state index contributed by atoms with van der Waals surface area (Å²) in [6.45, 7) is 1.16. The maximum atomic E-state index is 9.39. The van der Waals surface area contributed by atoms with Gasteiger partial charge in [-0.1, -0.05) is 0 Å². The van der Waals surface area contributed by atoms with Crippen molar-refractivity contribution >= 4 is 12.1 Å². The third kappa shape index (κ3) is 24.6. The average Bonchev–Trinajstić information content (AvgIpc) is 1.38. The first-order valence-corrected chi connectivity index (χ1v) is 1.16. The smallest absolute Gasteiger partial charge is 0.534 e. The van der Waals surface area contributed by atoms with Crippen molar-refractivity contribution in [3.05, 3.63) is 7.43 Å². The van der Waals surface area contributed by atoms with E-state index in [2.05, 4.69) is 0 Å². The molecule has 0 amide bonds. The van der Waals surface area contributed by atoms with Gasteiger partial charge in [-0.25, -0.2) is 0 Å². The number of rotatable bonds is 1. The Bertz CT molecular complexity index is 60.7. The van der Waals surface area contributed by atoms with E-state index in [1.807, 2.05) is 0 Å². The van der Waals surface area contributed by atoms with Gasteiger partial charge in [0.25, 0.3) is 0 Å². The molecule has 0 saturated carbocycles. The Morgan fingerprint density at radius 3 is 1.71 bits per heavy atom. The van der Waals surface area contributed by atoms with Crippen molar-refractivity contribution in [2.75, 3.05) is 0 Å². The summed E-state index contributed by atoms with van der Waals surface area (Å²) in [7, 11) is 0. The van der Waals surface area contributed by atoms with Gasteiger partial charge in [0.15, 0.2) is 0 Å². The largest absolute Gasteiger partial charge is 2.00 e. The fraction of sp³-hybridized carbons (Fsp3) is 0.250. The van der Waals surface area contributed by atoms with E-state index < -0.39 is 5.78 Å². The van der Waals surface area contributed by atoms with Crippen molar-refractivity contribution in [2.45, 2.75) is 6.92 Å². The van der Waals surface area contributed by atoms with Gasteiger partial charge in [0.2, 0.25) is 0 Å². The first-order valence-electron chi connectivity index (χ1n) is 1.16. The molecule has 0 aliphatic carbocycles. The van der Waals surface area contributed by atoms with Gasteiger partial charge in [-0.05, 0) is 6.92 Å². The normalized spacial score (nSPS) is 4.71. The quantitative estimate of drug-likeness (QED) is 0.380. The van der Waals surface area contributed by atoms with Gasteiger partial charge >= 0.3 is 18.6 Å². The van der Waals surface area contributed by atoms with Crippen LogP contribution in [0.5, 0.6) is 0 Å². The number of carbonyl (C=O) groups is 1. The number of carbonyl (C=O) groups excluding carboxylic acids is 2. The van der Waals surface area contributed by atoms with Gasteiger partial charge in [0.1, 0.15) is 0 Å². The molecule has 0 atom stereocenters. The number of hydrogen-bond acceptors (Lipinski definition) is 2. The fourth-order valence-corrected chi connectivity index (χ4v) is 0. The van der Waals surface area contributed by atoms with Gasteiger partial charge in [-0.3, -0.25) is 0 Å². The van der Waals surface area contributed by atoms with E-state index in [1.54, 1.807) is 0 Å². The van der Waals surface area contributed by atoms with Crippen LogP contribution in [-0.2, 0) is 28.1 Å². The molecule has 0 heterocycles. The first kappa shape index (κ1) is 15.8. The Kier molecular flexibility index (Phi) is 21.0. The van der Waals surface area contributed by atoms with Crippen LogP contribution in [0.1, 0.15) is 6.92 Å². The van der Waals surface area contributed by atoms with Crippen LogP contribution in [-0.4, -0.2) is 12.1 Å². The maximum absolute atomic E-state index is 9.39. The van der Waals surface area contributed by atoms with Crippen molar-refractivity contribution in [1.29, 1.82) is 0 Å². The van der Waals surface area contributed by atoms with Gasteiger partial charge in [-0.15, -0.1) is 0 Å². The Hall–Kier alpha value is -0.0756. The Morgan fingerprint density at radius 2 is 1.71 bits per heavy atom. The summed E-state index contributed by atoms with van der Waals surface area (Å²) in [4.78, 5) is 18.4. The van der Waals surface area contributed by atoms with Crippen molar-refractivity contribution in [1.82, 2.24) is 0 Å². The topological polar surface area (TPSA) is 34.1 Å². The first-order chi connectivity index (χ1) is 2.27. The third-order valence-electron chi connectivity index (χ3n) is 0.144. The second-order valence-corrected chi connectivity index (χ2v) is 0.658. The molecule has 2 nitrogen and oxygen atoms in total. The molecule has 7 heavy (non-hydrogen) atoms. The molecular formula is C4H6O2V. The molecule has 1 radical (unpaired) electrons. The van der Waals surface area contributed by atoms with Crippen LogP contribution in [0.3, 0.4) is 0 Å². The second-order valence-electron chi connectivity index (χ2n) is 0.658. The van der Waals surface area contributed by atoms with E-state index in [1.165, 1.54) is 0 Å². The summed E-state index contributed by atoms with van der Waals surface area (Å²) in [6, 6.07) is 0. The molecular weight excluding hydrogens is 131 g/mol. The number of ketones is 1. The monoisotopic (exact) mass is 137 g/mol. The molecule has 0 aromatic rings. The van der Waals surface area contributed by atoms with Crippen LogP contribution in [0, 0.1) is 7.43 Å². The molecule has 39 valence electrons. The van der Waals surface area contributed by atoms with E-state index in [0.717, 1.165) is 13.2 Å². The van der Waals surface area contributed by atoms with Crippen LogP contribution < -0.4 is 0 Å². The van der Waals surface area contributed by atoms with Crippen LogP contribution in [0.15, 0.2) is 0 Å². The molecule has 0 bridgehead atoms. The maximum Gasteiger partial charge on any atom is 2.00 e. The molecule has 3 heteroatoms.